The Balaban J connectivity index is 1.38. The molecule has 0 amide bonds. The lowest BCUT2D eigenvalue weighted by Crippen LogP contribution is -2.52. The van der Waals surface area contributed by atoms with Gasteiger partial charge < -0.3 is 45.4 Å². The third-order valence-corrected chi connectivity index (χ3v) is 7.33. The molecule has 10 heteroatoms. The first-order chi connectivity index (χ1) is 20.1. The van der Waals surface area contributed by atoms with E-state index in [4.69, 9.17) is 9.47 Å². The molecule has 218 valence electrons. The monoisotopic (exact) mass is 572 g/mol. The van der Waals surface area contributed by atoms with Crippen molar-refractivity contribution in [3.05, 3.63) is 95.1 Å². The molecule has 0 spiro atoms. The molecule has 5 rings (SSSR count). The van der Waals surface area contributed by atoms with Gasteiger partial charge in [0.05, 0.1) is 17.9 Å². The van der Waals surface area contributed by atoms with Crippen molar-refractivity contribution in [2.45, 2.75) is 37.9 Å². The summed E-state index contributed by atoms with van der Waals surface area (Å²) in [5.74, 6) is -2.10. The number of rotatable bonds is 9. The van der Waals surface area contributed by atoms with Gasteiger partial charge in [-0.05, 0) is 38.1 Å². The van der Waals surface area contributed by atoms with Crippen molar-refractivity contribution in [1.29, 1.82) is 0 Å². The maximum Gasteiger partial charge on any atom is 0.181 e. The molecule has 2 unspecified atom stereocenters. The number of phenolic OH excluding ortho intramolecular Hbond substituents is 4. The van der Waals surface area contributed by atoms with Crippen LogP contribution in [0.4, 0.5) is 11.4 Å². The maximum atomic E-state index is 11.3. The van der Waals surface area contributed by atoms with Gasteiger partial charge in [0.2, 0.25) is 0 Å². The second-order valence-electron chi connectivity index (χ2n) is 10.3. The van der Waals surface area contributed by atoms with Crippen LogP contribution in [0.5, 0.6) is 34.5 Å². The highest BCUT2D eigenvalue weighted by atomic mass is 16.5. The van der Waals surface area contributed by atoms with Crippen LogP contribution in [-0.4, -0.2) is 56.0 Å². The normalized spacial score (nSPS) is 19.8. The number of aryl methyl sites for hydroxylation is 2. The van der Waals surface area contributed by atoms with Crippen LogP contribution in [0, 0.1) is 13.8 Å². The average Bonchev–Trinajstić information content (AvgIpc) is 2.94. The van der Waals surface area contributed by atoms with Crippen LogP contribution in [-0.2, 0) is 0 Å². The largest absolute Gasteiger partial charge is 0.508 e. The Morgan fingerprint density at radius 3 is 1.86 bits per heavy atom. The summed E-state index contributed by atoms with van der Waals surface area (Å²) in [6.07, 6.45) is -1.42. The fourth-order valence-corrected chi connectivity index (χ4v) is 5.16. The van der Waals surface area contributed by atoms with E-state index < -0.39 is 24.0 Å². The Kier molecular flexibility index (Phi) is 8.10. The first-order valence-corrected chi connectivity index (χ1v) is 13.3. The Bertz CT molecular complexity index is 1580. The fraction of sp³-hybridized carbons (Fsp3) is 0.219. The van der Waals surface area contributed by atoms with E-state index in [1.165, 1.54) is 12.1 Å². The highest BCUT2D eigenvalue weighted by molar-refractivity contribution is 5.69. The van der Waals surface area contributed by atoms with E-state index >= 15 is 0 Å². The van der Waals surface area contributed by atoms with Gasteiger partial charge in [0.25, 0.3) is 0 Å². The lowest BCUT2D eigenvalue weighted by molar-refractivity contribution is -0.0793. The first-order valence-electron chi connectivity index (χ1n) is 13.3. The third-order valence-electron chi connectivity index (χ3n) is 7.33. The number of aliphatic hydroxyl groups is 2. The van der Waals surface area contributed by atoms with Crippen molar-refractivity contribution >= 4 is 17.8 Å². The predicted molar refractivity (Wildman–Crippen MR) is 157 cm³/mol. The number of phenols is 4. The van der Waals surface area contributed by atoms with E-state index in [1.54, 1.807) is 24.3 Å². The Morgan fingerprint density at radius 1 is 0.714 bits per heavy atom. The number of aromatic hydroxyl groups is 4. The molecule has 0 bridgehead atoms. The molecule has 0 heterocycles. The minimum Gasteiger partial charge on any atom is -0.508 e. The van der Waals surface area contributed by atoms with Crippen LogP contribution in [0.1, 0.15) is 34.1 Å². The van der Waals surface area contributed by atoms with Crippen LogP contribution in [0.15, 0.2) is 77.8 Å². The van der Waals surface area contributed by atoms with Crippen molar-refractivity contribution in [2.24, 2.45) is 4.99 Å². The molecule has 4 aromatic rings. The van der Waals surface area contributed by atoms with E-state index in [1.807, 2.05) is 38.1 Å². The summed E-state index contributed by atoms with van der Waals surface area (Å²) in [4.78, 5) is 4.24. The number of hydrogen-bond donors (Lipinski definition) is 7. The van der Waals surface area contributed by atoms with Crippen LogP contribution >= 0.6 is 0 Å². The number of anilines is 1. The molecule has 7 N–H and O–H groups in total. The molecule has 2 atom stereocenters. The van der Waals surface area contributed by atoms with Crippen LogP contribution in [0.2, 0.25) is 0 Å². The zero-order valence-electron chi connectivity index (χ0n) is 23.0. The smallest absolute Gasteiger partial charge is 0.181 e. The first kappa shape index (κ1) is 28.6. The summed E-state index contributed by atoms with van der Waals surface area (Å²) >= 11 is 0. The molecule has 1 fully saturated rings. The number of nitrogens with zero attached hydrogens (tertiary/aromatic N) is 1. The molecule has 0 aromatic heterocycles. The summed E-state index contributed by atoms with van der Waals surface area (Å²) in [6.45, 7) is 3.87. The molecule has 1 aliphatic carbocycles. The summed E-state index contributed by atoms with van der Waals surface area (Å²) < 4.78 is 11.2. The molecular formula is C32H32N2O8. The number of ether oxygens (including phenoxy) is 2. The zero-order chi connectivity index (χ0) is 30.0. The average molecular weight is 573 g/mol. The van der Waals surface area contributed by atoms with Gasteiger partial charge >= 0.3 is 0 Å². The lowest BCUT2D eigenvalue weighted by Gasteiger charge is -2.47. The molecule has 1 saturated carbocycles. The van der Waals surface area contributed by atoms with Crippen molar-refractivity contribution in [3.8, 4) is 34.5 Å². The summed E-state index contributed by atoms with van der Waals surface area (Å²) in [7, 11) is 0. The van der Waals surface area contributed by atoms with Crippen molar-refractivity contribution < 1.29 is 40.1 Å². The minimum absolute atomic E-state index is 0.0279. The van der Waals surface area contributed by atoms with Gasteiger partial charge in [-0.15, -0.1) is 0 Å². The summed E-state index contributed by atoms with van der Waals surface area (Å²) in [5, 5.41) is 67.3. The van der Waals surface area contributed by atoms with Gasteiger partial charge in [0, 0.05) is 52.9 Å². The molecule has 4 aromatic carbocycles. The van der Waals surface area contributed by atoms with E-state index in [9.17, 15) is 30.6 Å². The van der Waals surface area contributed by atoms with Gasteiger partial charge in [-0.1, -0.05) is 35.4 Å². The highest BCUT2D eigenvalue weighted by Gasteiger charge is 2.53. The standard InChI is InChI=1S/C32H32N2O8/c1-17-3-7-21(8-4-17)41-15-33-23-11-19(35)13-25(37)27(23)29-31(39)30(32(29)40)28-24(12-20(36)14-26(28)38)34-16-42-22-9-5-18(2)6-10-22/h3-15,29-32,34-40H,16H2,1-2H3. The third kappa shape index (κ3) is 5.90. The molecule has 0 aliphatic heterocycles. The number of aliphatic hydroxyl groups excluding tert-OH is 2. The van der Waals surface area contributed by atoms with Crippen molar-refractivity contribution in [2.75, 3.05) is 12.0 Å². The Hall–Kier alpha value is -4.93. The number of aliphatic imine (C=N–C) groups is 1. The predicted octanol–water partition coefficient (Wildman–Crippen LogP) is 4.92. The molecule has 0 radical (unpaired) electrons. The van der Waals surface area contributed by atoms with Crippen molar-refractivity contribution in [3.63, 3.8) is 0 Å². The topological polar surface area (TPSA) is 164 Å². The van der Waals surface area contributed by atoms with E-state index in [0.717, 1.165) is 29.7 Å². The second kappa shape index (κ2) is 11.9. The molecule has 1 aliphatic rings. The van der Waals surface area contributed by atoms with Gasteiger partial charge in [0.15, 0.2) is 13.1 Å². The Labute approximate surface area is 242 Å². The van der Waals surface area contributed by atoms with Gasteiger partial charge in [-0.3, -0.25) is 0 Å². The van der Waals surface area contributed by atoms with Gasteiger partial charge in [-0.25, -0.2) is 4.99 Å². The lowest BCUT2D eigenvalue weighted by atomic mass is 9.62. The number of hydrogen-bond acceptors (Lipinski definition) is 10. The summed E-state index contributed by atoms with van der Waals surface area (Å²) in [6, 6.07) is 19.5. The molecule has 0 saturated heterocycles. The van der Waals surface area contributed by atoms with Gasteiger partial charge in [-0.2, -0.15) is 0 Å². The van der Waals surface area contributed by atoms with Crippen LogP contribution in [0.25, 0.3) is 0 Å². The molecule has 42 heavy (non-hydrogen) atoms. The zero-order valence-corrected chi connectivity index (χ0v) is 23.0. The SMILES string of the molecule is Cc1ccc(OC=Nc2cc(O)cc(O)c2C2C(O)C(c3c(O)cc(O)cc3NCOc3ccc(C)cc3)C2O)cc1. The second-order valence-corrected chi connectivity index (χ2v) is 10.3. The van der Waals surface area contributed by atoms with Gasteiger partial charge in [0.1, 0.15) is 34.5 Å². The fourth-order valence-electron chi connectivity index (χ4n) is 5.16. The number of nitrogens with one attached hydrogen (secondary N) is 1. The van der Waals surface area contributed by atoms with E-state index in [-0.39, 0.29) is 52.2 Å². The van der Waals surface area contributed by atoms with Crippen LogP contribution < -0.4 is 14.8 Å². The van der Waals surface area contributed by atoms with E-state index in [2.05, 4.69) is 10.3 Å². The quantitative estimate of drug-likeness (QED) is 0.0838. The van der Waals surface area contributed by atoms with Crippen molar-refractivity contribution in [1.82, 2.24) is 0 Å². The minimum atomic E-state index is -1.28. The number of benzene rings is 4. The maximum absolute atomic E-state index is 11.3. The Morgan fingerprint density at radius 2 is 1.24 bits per heavy atom. The molecular weight excluding hydrogens is 540 g/mol. The highest BCUT2D eigenvalue weighted by Crippen LogP contribution is 2.56. The molecule has 10 nitrogen and oxygen atoms in total. The summed E-state index contributed by atoms with van der Waals surface area (Å²) in [5.41, 5.74) is 2.73. The van der Waals surface area contributed by atoms with Crippen LogP contribution in [0.3, 0.4) is 0 Å². The van der Waals surface area contributed by atoms with E-state index in [0.29, 0.717) is 11.5 Å².